The molecule has 14 heavy (non-hydrogen) atoms. The zero-order chi connectivity index (χ0) is 10.7. The maximum absolute atomic E-state index is 11.4. The van der Waals surface area contributed by atoms with Crippen LogP contribution < -0.4 is 4.72 Å². The molecular formula is C9H18ClNO2S. The summed E-state index contributed by atoms with van der Waals surface area (Å²) in [7, 11) is -3.08. The Labute approximate surface area is 91.3 Å². The van der Waals surface area contributed by atoms with Gasteiger partial charge in [0.15, 0.2) is 0 Å². The van der Waals surface area contributed by atoms with Crippen molar-refractivity contribution in [2.45, 2.75) is 32.6 Å². The fourth-order valence-corrected chi connectivity index (χ4v) is 2.90. The highest BCUT2D eigenvalue weighted by Gasteiger charge is 2.40. The summed E-state index contributed by atoms with van der Waals surface area (Å²) in [4.78, 5) is 0. The highest BCUT2D eigenvalue weighted by molar-refractivity contribution is 7.89. The molecule has 0 atom stereocenters. The maximum Gasteiger partial charge on any atom is 0.211 e. The van der Waals surface area contributed by atoms with Gasteiger partial charge in [-0.2, -0.15) is 0 Å². The molecule has 1 rings (SSSR count). The van der Waals surface area contributed by atoms with E-state index in [-0.39, 0.29) is 11.2 Å². The number of halogens is 1. The Morgan fingerprint density at radius 3 is 2.50 bits per heavy atom. The van der Waals surface area contributed by atoms with E-state index in [1.807, 2.05) is 0 Å². The highest BCUT2D eigenvalue weighted by Crippen LogP contribution is 2.47. The van der Waals surface area contributed by atoms with Crippen molar-refractivity contribution in [2.75, 3.05) is 18.2 Å². The average Bonchev–Trinajstić information content (AvgIpc) is 2.93. The van der Waals surface area contributed by atoms with Gasteiger partial charge in [-0.05, 0) is 31.1 Å². The lowest BCUT2D eigenvalue weighted by molar-refractivity contribution is 0.475. The Hall–Kier alpha value is 0.200. The van der Waals surface area contributed by atoms with Crippen LogP contribution in [0.1, 0.15) is 32.6 Å². The largest absolute Gasteiger partial charge is 0.215 e. The second kappa shape index (κ2) is 4.81. The zero-order valence-electron chi connectivity index (χ0n) is 8.55. The summed E-state index contributed by atoms with van der Waals surface area (Å²) >= 11 is 5.45. The first-order chi connectivity index (χ1) is 6.54. The first-order valence-electron chi connectivity index (χ1n) is 5.07. The molecule has 0 bridgehead atoms. The van der Waals surface area contributed by atoms with Crippen LogP contribution in [0.25, 0.3) is 0 Å². The fourth-order valence-electron chi connectivity index (χ4n) is 1.41. The summed E-state index contributed by atoms with van der Waals surface area (Å²) in [5.74, 6) is 0.552. The predicted octanol–water partition coefficient (Wildman–Crippen LogP) is 1.72. The lowest BCUT2D eigenvalue weighted by atomic mass is 10.1. The van der Waals surface area contributed by atoms with Crippen LogP contribution in [0.4, 0.5) is 0 Å². The molecule has 0 spiro atoms. The molecule has 1 aliphatic carbocycles. The van der Waals surface area contributed by atoms with Gasteiger partial charge in [-0.15, -0.1) is 11.6 Å². The number of nitrogens with one attached hydrogen (secondary N) is 1. The summed E-state index contributed by atoms with van der Waals surface area (Å²) in [5.41, 5.74) is 0.272. The van der Waals surface area contributed by atoms with Gasteiger partial charge in [0.2, 0.25) is 10.0 Å². The van der Waals surface area contributed by atoms with Crippen molar-refractivity contribution in [1.29, 1.82) is 0 Å². The molecule has 3 nitrogen and oxygen atoms in total. The number of rotatable bonds is 7. The van der Waals surface area contributed by atoms with Crippen molar-refractivity contribution in [3.8, 4) is 0 Å². The predicted molar refractivity (Wildman–Crippen MR) is 59.1 cm³/mol. The van der Waals surface area contributed by atoms with Gasteiger partial charge in [0.1, 0.15) is 0 Å². The van der Waals surface area contributed by atoms with Gasteiger partial charge in [0.25, 0.3) is 0 Å². The Morgan fingerprint density at radius 2 is 2.07 bits per heavy atom. The van der Waals surface area contributed by atoms with E-state index < -0.39 is 10.0 Å². The van der Waals surface area contributed by atoms with Gasteiger partial charge in [-0.25, -0.2) is 13.1 Å². The van der Waals surface area contributed by atoms with Crippen LogP contribution in [0.2, 0.25) is 0 Å². The number of hydrogen-bond donors (Lipinski definition) is 1. The summed E-state index contributed by atoms with van der Waals surface area (Å²) in [6.07, 6.45) is 3.89. The summed E-state index contributed by atoms with van der Waals surface area (Å²) in [6.45, 7) is 2.72. The quantitative estimate of drug-likeness (QED) is 0.688. The lowest BCUT2D eigenvalue weighted by Crippen LogP contribution is -2.32. The van der Waals surface area contributed by atoms with Crippen molar-refractivity contribution in [3.05, 3.63) is 0 Å². The molecular weight excluding hydrogens is 222 g/mol. The van der Waals surface area contributed by atoms with E-state index in [0.29, 0.717) is 18.8 Å². The first-order valence-corrected chi connectivity index (χ1v) is 7.26. The molecule has 1 fully saturated rings. The molecule has 0 amide bonds. The molecule has 0 radical (unpaired) electrons. The topological polar surface area (TPSA) is 46.2 Å². The minimum atomic E-state index is -3.08. The minimum absolute atomic E-state index is 0.149. The molecule has 1 N–H and O–H groups in total. The molecule has 0 aromatic heterocycles. The van der Waals surface area contributed by atoms with E-state index in [4.69, 9.17) is 11.6 Å². The van der Waals surface area contributed by atoms with Crippen LogP contribution in [0.5, 0.6) is 0 Å². The van der Waals surface area contributed by atoms with Crippen molar-refractivity contribution >= 4 is 21.6 Å². The maximum atomic E-state index is 11.4. The standard InChI is InChI=1S/C9H18ClNO2S/c1-2-9(4-5-9)8-11-14(12,13)7-3-6-10/h11H,2-8H2,1H3. The monoisotopic (exact) mass is 239 g/mol. The van der Waals surface area contributed by atoms with E-state index in [9.17, 15) is 8.42 Å². The average molecular weight is 240 g/mol. The van der Waals surface area contributed by atoms with Crippen LogP contribution in [-0.2, 0) is 10.0 Å². The SMILES string of the molecule is CCC1(CNS(=O)(=O)CCCCl)CC1. The second-order valence-corrected chi connectivity index (χ2v) is 6.34. The molecule has 84 valence electrons. The van der Waals surface area contributed by atoms with Crippen LogP contribution in [-0.4, -0.2) is 26.6 Å². The zero-order valence-corrected chi connectivity index (χ0v) is 10.1. The molecule has 1 saturated carbocycles. The third-order valence-corrected chi connectivity index (χ3v) is 4.60. The van der Waals surface area contributed by atoms with Crippen LogP contribution in [0.15, 0.2) is 0 Å². The molecule has 1 aliphatic rings. The van der Waals surface area contributed by atoms with Crippen LogP contribution in [0, 0.1) is 5.41 Å². The molecule has 5 heteroatoms. The van der Waals surface area contributed by atoms with Gasteiger partial charge in [0, 0.05) is 12.4 Å². The van der Waals surface area contributed by atoms with E-state index in [2.05, 4.69) is 11.6 Å². The third-order valence-electron chi connectivity index (χ3n) is 2.92. The van der Waals surface area contributed by atoms with Crippen molar-refractivity contribution in [2.24, 2.45) is 5.41 Å². The van der Waals surface area contributed by atoms with Gasteiger partial charge in [-0.1, -0.05) is 6.92 Å². The molecule has 0 saturated heterocycles. The fraction of sp³-hybridized carbons (Fsp3) is 1.00. The Bertz CT molecular complexity index is 273. The van der Waals surface area contributed by atoms with Crippen molar-refractivity contribution < 1.29 is 8.42 Å². The molecule has 0 unspecified atom stereocenters. The van der Waals surface area contributed by atoms with E-state index in [0.717, 1.165) is 19.3 Å². The van der Waals surface area contributed by atoms with Gasteiger partial charge in [-0.3, -0.25) is 0 Å². The van der Waals surface area contributed by atoms with Gasteiger partial charge in [0.05, 0.1) is 5.75 Å². The second-order valence-electron chi connectivity index (χ2n) is 4.04. The van der Waals surface area contributed by atoms with Gasteiger partial charge < -0.3 is 0 Å². The smallest absolute Gasteiger partial charge is 0.211 e. The van der Waals surface area contributed by atoms with E-state index in [1.54, 1.807) is 0 Å². The summed E-state index contributed by atoms with van der Waals surface area (Å²) in [5, 5.41) is 0. The minimum Gasteiger partial charge on any atom is -0.215 e. The van der Waals surface area contributed by atoms with E-state index >= 15 is 0 Å². The third kappa shape index (κ3) is 3.75. The summed E-state index contributed by atoms with van der Waals surface area (Å²) < 4.78 is 25.5. The highest BCUT2D eigenvalue weighted by atomic mass is 35.5. The summed E-state index contributed by atoms with van der Waals surface area (Å²) in [6, 6.07) is 0. The van der Waals surface area contributed by atoms with Crippen molar-refractivity contribution in [1.82, 2.24) is 4.72 Å². The lowest BCUT2D eigenvalue weighted by Gasteiger charge is -2.13. The van der Waals surface area contributed by atoms with Crippen molar-refractivity contribution in [3.63, 3.8) is 0 Å². The van der Waals surface area contributed by atoms with E-state index in [1.165, 1.54) is 0 Å². The number of alkyl halides is 1. The number of hydrogen-bond acceptors (Lipinski definition) is 2. The van der Waals surface area contributed by atoms with Crippen LogP contribution in [0.3, 0.4) is 0 Å². The molecule has 0 aliphatic heterocycles. The molecule has 0 heterocycles. The Kier molecular flexibility index (Phi) is 4.22. The molecule has 0 aromatic rings. The Morgan fingerprint density at radius 1 is 1.43 bits per heavy atom. The normalized spacial score (nSPS) is 19.6. The Balaban J connectivity index is 2.29. The first kappa shape index (κ1) is 12.3. The molecule has 0 aromatic carbocycles. The number of sulfonamides is 1. The van der Waals surface area contributed by atoms with Crippen LogP contribution >= 0.6 is 11.6 Å². The van der Waals surface area contributed by atoms with Gasteiger partial charge >= 0.3 is 0 Å².